The zero-order chi connectivity index (χ0) is 13.8. The van der Waals surface area contributed by atoms with Crippen LogP contribution in [0, 0.1) is 0 Å². The zero-order valence-electron chi connectivity index (χ0n) is 9.70. The monoisotopic (exact) mass is 262 g/mol. The second-order valence-corrected chi connectivity index (χ2v) is 3.71. The third-order valence-corrected chi connectivity index (χ3v) is 2.25. The Morgan fingerprint density at radius 1 is 1.33 bits per heavy atom. The van der Waals surface area contributed by atoms with Gasteiger partial charge < -0.3 is 9.84 Å². The summed E-state index contributed by atoms with van der Waals surface area (Å²) in [6.45, 7) is 2.05. The fraction of sp³-hybridized carbons (Fsp3) is 0.417. The largest absolute Gasteiger partial charge is 0.479 e. The number of aliphatic carboxylic acids is 1. The van der Waals surface area contributed by atoms with Gasteiger partial charge in [-0.1, -0.05) is 19.1 Å². The van der Waals surface area contributed by atoms with Gasteiger partial charge in [0.05, 0.1) is 5.56 Å². The van der Waals surface area contributed by atoms with Crippen molar-refractivity contribution in [3.63, 3.8) is 0 Å². The first-order valence-corrected chi connectivity index (χ1v) is 5.37. The summed E-state index contributed by atoms with van der Waals surface area (Å²) < 4.78 is 42.1. The van der Waals surface area contributed by atoms with Crippen LogP contribution in [0.3, 0.4) is 0 Å². The van der Waals surface area contributed by atoms with Gasteiger partial charge in [-0.2, -0.15) is 13.2 Å². The maximum absolute atomic E-state index is 12.3. The van der Waals surface area contributed by atoms with E-state index in [1.54, 1.807) is 0 Å². The molecule has 1 unspecified atom stereocenters. The molecule has 3 nitrogen and oxygen atoms in total. The highest BCUT2D eigenvalue weighted by molar-refractivity contribution is 5.74. The second kappa shape index (κ2) is 5.86. The van der Waals surface area contributed by atoms with E-state index >= 15 is 0 Å². The first-order valence-electron chi connectivity index (χ1n) is 5.37. The van der Waals surface area contributed by atoms with Crippen LogP contribution in [-0.2, 0) is 15.7 Å². The molecule has 0 spiro atoms. The molecule has 18 heavy (non-hydrogen) atoms. The molecule has 0 fully saturated rings. The minimum Gasteiger partial charge on any atom is -0.479 e. The molecule has 0 aliphatic carbocycles. The van der Waals surface area contributed by atoms with E-state index in [1.807, 2.05) is 6.92 Å². The summed E-state index contributed by atoms with van der Waals surface area (Å²) in [5, 5.41) is 8.94. The molecule has 1 N–H and O–H groups in total. The minimum absolute atomic E-state index is 0.198. The van der Waals surface area contributed by atoms with E-state index in [1.165, 1.54) is 0 Å². The lowest BCUT2D eigenvalue weighted by atomic mass is 10.1. The SMILES string of the molecule is CCCOC(C(=O)O)c1ccc(C(F)(F)F)cc1. The first-order chi connectivity index (χ1) is 8.36. The molecular weight excluding hydrogens is 249 g/mol. The van der Waals surface area contributed by atoms with Crippen molar-refractivity contribution in [1.29, 1.82) is 0 Å². The molecule has 1 aromatic rings. The molecule has 100 valence electrons. The van der Waals surface area contributed by atoms with Crippen molar-refractivity contribution in [2.75, 3.05) is 6.61 Å². The van der Waals surface area contributed by atoms with Crippen molar-refractivity contribution in [3.8, 4) is 0 Å². The van der Waals surface area contributed by atoms with Crippen molar-refractivity contribution in [2.45, 2.75) is 25.6 Å². The number of ether oxygens (including phenoxy) is 1. The molecule has 0 aromatic heterocycles. The van der Waals surface area contributed by atoms with Gasteiger partial charge in [-0.05, 0) is 24.1 Å². The lowest BCUT2D eigenvalue weighted by Crippen LogP contribution is -2.16. The van der Waals surface area contributed by atoms with Crippen LogP contribution in [0.25, 0.3) is 0 Å². The highest BCUT2D eigenvalue weighted by Crippen LogP contribution is 2.30. The normalized spacial score (nSPS) is 13.3. The van der Waals surface area contributed by atoms with Crippen LogP contribution in [0.5, 0.6) is 0 Å². The number of carbonyl (C=O) groups is 1. The summed E-state index contributed by atoms with van der Waals surface area (Å²) in [5.74, 6) is -1.22. The Hall–Kier alpha value is -1.56. The van der Waals surface area contributed by atoms with Crippen molar-refractivity contribution in [3.05, 3.63) is 35.4 Å². The second-order valence-electron chi connectivity index (χ2n) is 3.71. The molecular formula is C12H13F3O3. The summed E-state index contributed by atoms with van der Waals surface area (Å²) in [6.07, 6.45) is -5.03. The van der Waals surface area contributed by atoms with Crippen LogP contribution < -0.4 is 0 Å². The van der Waals surface area contributed by atoms with Crippen LogP contribution in [0.2, 0.25) is 0 Å². The maximum Gasteiger partial charge on any atom is 0.416 e. The molecule has 0 saturated heterocycles. The van der Waals surface area contributed by atoms with Crippen molar-refractivity contribution < 1.29 is 27.8 Å². The molecule has 0 aliphatic rings. The zero-order valence-corrected chi connectivity index (χ0v) is 9.70. The predicted molar refractivity (Wildman–Crippen MR) is 58.1 cm³/mol. The number of halogens is 3. The number of alkyl halides is 3. The molecule has 0 bridgehead atoms. The Balaban J connectivity index is 2.90. The first kappa shape index (κ1) is 14.5. The summed E-state index contributed by atoms with van der Waals surface area (Å²) in [7, 11) is 0. The number of hydrogen-bond acceptors (Lipinski definition) is 2. The van der Waals surface area contributed by atoms with Crippen molar-refractivity contribution >= 4 is 5.97 Å². The minimum atomic E-state index is -4.43. The van der Waals surface area contributed by atoms with Gasteiger partial charge in [-0.25, -0.2) is 4.79 Å². The quantitative estimate of drug-likeness (QED) is 0.885. The third-order valence-electron chi connectivity index (χ3n) is 2.25. The van der Waals surface area contributed by atoms with Crippen molar-refractivity contribution in [1.82, 2.24) is 0 Å². The van der Waals surface area contributed by atoms with Crippen LogP contribution in [0.1, 0.15) is 30.6 Å². The average molecular weight is 262 g/mol. The van der Waals surface area contributed by atoms with Gasteiger partial charge in [0, 0.05) is 6.61 Å². The topological polar surface area (TPSA) is 46.5 Å². The van der Waals surface area contributed by atoms with E-state index in [0.29, 0.717) is 6.42 Å². The smallest absolute Gasteiger partial charge is 0.416 e. The molecule has 6 heteroatoms. The van der Waals surface area contributed by atoms with E-state index in [-0.39, 0.29) is 12.2 Å². The predicted octanol–water partition coefficient (Wildman–Crippen LogP) is 3.26. The van der Waals surface area contributed by atoms with E-state index < -0.39 is 23.8 Å². The van der Waals surface area contributed by atoms with Crippen LogP contribution >= 0.6 is 0 Å². The van der Waals surface area contributed by atoms with Crippen LogP contribution in [0.15, 0.2) is 24.3 Å². The standard InChI is InChI=1S/C12H13F3O3/c1-2-7-18-10(11(16)17)8-3-5-9(6-4-8)12(13,14)15/h3-6,10H,2,7H2,1H3,(H,16,17). The molecule has 1 aromatic carbocycles. The lowest BCUT2D eigenvalue weighted by Gasteiger charge is -2.14. The maximum atomic E-state index is 12.3. The van der Waals surface area contributed by atoms with Gasteiger partial charge in [-0.15, -0.1) is 0 Å². The molecule has 0 radical (unpaired) electrons. The molecule has 1 rings (SSSR count). The highest BCUT2D eigenvalue weighted by atomic mass is 19.4. The molecule has 0 amide bonds. The summed E-state index contributed by atoms with van der Waals surface area (Å²) >= 11 is 0. The molecule has 0 heterocycles. The van der Waals surface area contributed by atoms with Crippen LogP contribution in [0.4, 0.5) is 13.2 Å². The van der Waals surface area contributed by atoms with E-state index in [2.05, 4.69) is 0 Å². The van der Waals surface area contributed by atoms with Gasteiger partial charge in [0.2, 0.25) is 0 Å². The van der Waals surface area contributed by atoms with Gasteiger partial charge in [0.25, 0.3) is 0 Å². The number of carboxylic acid groups (broad SMARTS) is 1. The Kier molecular flexibility index (Phi) is 4.72. The Morgan fingerprint density at radius 2 is 1.89 bits per heavy atom. The van der Waals surface area contributed by atoms with E-state index in [4.69, 9.17) is 9.84 Å². The Bertz CT molecular complexity index is 398. The lowest BCUT2D eigenvalue weighted by molar-refractivity contribution is -0.150. The van der Waals surface area contributed by atoms with E-state index in [0.717, 1.165) is 24.3 Å². The van der Waals surface area contributed by atoms with Crippen LogP contribution in [-0.4, -0.2) is 17.7 Å². The molecule has 1 atom stereocenters. The summed E-state index contributed by atoms with van der Waals surface area (Å²) in [5.41, 5.74) is -0.616. The number of rotatable bonds is 5. The number of carboxylic acids is 1. The fourth-order valence-corrected chi connectivity index (χ4v) is 1.39. The van der Waals surface area contributed by atoms with Gasteiger partial charge in [-0.3, -0.25) is 0 Å². The molecule has 0 aliphatic heterocycles. The van der Waals surface area contributed by atoms with Gasteiger partial charge in [0.15, 0.2) is 6.10 Å². The number of hydrogen-bond donors (Lipinski definition) is 1. The number of benzene rings is 1. The van der Waals surface area contributed by atoms with Gasteiger partial charge in [0.1, 0.15) is 0 Å². The third kappa shape index (κ3) is 3.73. The summed E-state index contributed by atoms with van der Waals surface area (Å²) in [4.78, 5) is 10.9. The van der Waals surface area contributed by atoms with E-state index in [9.17, 15) is 18.0 Å². The average Bonchev–Trinajstić information content (AvgIpc) is 2.28. The fourth-order valence-electron chi connectivity index (χ4n) is 1.39. The summed E-state index contributed by atoms with van der Waals surface area (Å²) in [6, 6.07) is 3.94. The molecule has 0 saturated carbocycles. The Labute approximate surface area is 102 Å². The van der Waals surface area contributed by atoms with Gasteiger partial charge >= 0.3 is 12.1 Å². The van der Waals surface area contributed by atoms with Crippen molar-refractivity contribution in [2.24, 2.45) is 0 Å². The highest BCUT2D eigenvalue weighted by Gasteiger charge is 2.30. The Morgan fingerprint density at radius 3 is 2.28 bits per heavy atom.